The van der Waals surface area contributed by atoms with Crippen LogP contribution in [0.1, 0.15) is 20.8 Å². The van der Waals surface area contributed by atoms with E-state index in [9.17, 15) is 9.18 Å². The van der Waals surface area contributed by atoms with Gasteiger partial charge in [0.05, 0.1) is 33.4 Å². The molecule has 0 bridgehead atoms. The number of amides is 1. The van der Waals surface area contributed by atoms with E-state index in [1.54, 1.807) is 47.4 Å². The van der Waals surface area contributed by atoms with E-state index in [1.165, 1.54) is 23.5 Å². The van der Waals surface area contributed by atoms with Crippen LogP contribution in [0.5, 0.6) is 5.75 Å². The third-order valence-corrected chi connectivity index (χ3v) is 6.02. The Hall–Kier alpha value is -2.87. The van der Waals surface area contributed by atoms with Gasteiger partial charge in [0.2, 0.25) is 0 Å². The smallest absolute Gasteiger partial charge is 0.265 e. The van der Waals surface area contributed by atoms with Gasteiger partial charge in [0.25, 0.3) is 5.91 Å². The number of hydrogen-bond acceptors (Lipinski definition) is 4. The molecule has 5 nitrogen and oxygen atoms in total. The van der Waals surface area contributed by atoms with Crippen LogP contribution in [0.4, 0.5) is 10.1 Å². The number of aromatic nitrogens is 2. The number of anilines is 1. The predicted molar refractivity (Wildman–Crippen MR) is 121 cm³/mol. The molecule has 0 radical (unpaired) electrons. The Morgan fingerprint density at radius 1 is 1.13 bits per heavy atom. The van der Waals surface area contributed by atoms with Gasteiger partial charge in [-0.15, -0.1) is 11.3 Å². The van der Waals surface area contributed by atoms with E-state index in [2.05, 4.69) is 10.4 Å². The van der Waals surface area contributed by atoms with Crippen LogP contribution in [0, 0.1) is 5.82 Å². The first-order valence-electron chi connectivity index (χ1n) is 9.20. The highest BCUT2D eigenvalue weighted by molar-refractivity contribution is 7.12. The number of thiophene rings is 1. The molecule has 1 N–H and O–H groups in total. The van der Waals surface area contributed by atoms with Gasteiger partial charge in [0.15, 0.2) is 0 Å². The molecule has 2 heterocycles. The fourth-order valence-electron chi connectivity index (χ4n) is 2.83. The summed E-state index contributed by atoms with van der Waals surface area (Å²) in [6, 6.07) is 13.1. The number of ether oxygens (including phenoxy) is 1. The number of benzene rings is 2. The molecule has 0 spiro atoms. The topological polar surface area (TPSA) is 56.2 Å². The van der Waals surface area contributed by atoms with Crippen molar-refractivity contribution in [3.8, 4) is 5.75 Å². The van der Waals surface area contributed by atoms with Crippen molar-refractivity contribution in [3.05, 3.63) is 98.2 Å². The van der Waals surface area contributed by atoms with Crippen LogP contribution in [-0.4, -0.2) is 15.7 Å². The second-order valence-electron chi connectivity index (χ2n) is 6.69. The zero-order valence-corrected chi connectivity index (χ0v) is 18.3. The standard InChI is InChI=1S/C22H16Cl2FN3O2S/c23-19-5-4-14(6-20(19)24)10-28-11-17(9-26-28)27-22(29)21-7-15(13-31-21)12-30-18-3-1-2-16(25)8-18/h1-9,11,13H,10,12H2,(H,27,29). The molecule has 0 saturated heterocycles. The van der Waals surface area contributed by atoms with Crippen molar-refractivity contribution in [3.63, 3.8) is 0 Å². The fraction of sp³-hybridized carbons (Fsp3) is 0.0909. The Morgan fingerprint density at radius 3 is 2.81 bits per heavy atom. The molecule has 0 atom stereocenters. The molecule has 0 aliphatic heterocycles. The SMILES string of the molecule is O=C(Nc1cnn(Cc2ccc(Cl)c(Cl)c2)c1)c1cc(COc2cccc(F)c2)cs1. The highest BCUT2D eigenvalue weighted by Crippen LogP contribution is 2.23. The lowest BCUT2D eigenvalue weighted by atomic mass is 10.2. The third-order valence-electron chi connectivity index (χ3n) is 4.30. The zero-order valence-electron chi connectivity index (χ0n) is 16.0. The van der Waals surface area contributed by atoms with Crippen molar-refractivity contribution in [2.24, 2.45) is 0 Å². The highest BCUT2D eigenvalue weighted by atomic mass is 35.5. The van der Waals surface area contributed by atoms with Gasteiger partial charge in [-0.1, -0.05) is 35.3 Å². The largest absolute Gasteiger partial charge is 0.489 e. The summed E-state index contributed by atoms with van der Waals surface area (Å²) >= 11 is 13.3. The molecule has 0 saturated carbocycles. The number of hydrogen-bond donors (Lipinski definition) is 1. The number of nitrogens with one attached hydrogen (secondary N) is 1. The number of rotatable bonds is 7. The van der Waals surface area contributed by atoms with E-state index in [-0.39, 0.29) is 18.3 Å². The molecule has 0 unspecified atom stereocenters. The van der Waals surface area contributed by atoms with Crippen LogP contribution in [0.25, 0.3) is 0 Å². The minimum atomic E-state index is -0.359. The lowest BCUT2D eigenvalue weighted by Gasteiger charge is -2.04. The number of carbonyl (C=O) groups is 1. The van der Waals surface area contributed by atoms with Gasteiger partial charge in [0, 0.05) is 17.8 Å². The first-order valence-corrected chi connectivity index (χ1v) is 10.8. The quantitative estimate of drug-likeness (QED) is 0.342. The molecular formula is C22H16Cl2FN3O2S. The highest BCUT2D eigenvalue weighted by Gasteiger charge is 2.12. The predicted octanol–water partition coefficient (Wildman–Crippen LogP) is 6.27. The molecule has 2 aromatic carbocycles. The summed E-state index contributed by atoms with van der Waals surface area (Å²) in [5, 5.41) is 9.91. The van der Waals surface area contributed by atoms with E-state index < -0.39 is 0 Å². The summed E-state index contributed by atoms with van der Waals surface area (Å²) in [6.07, 6.45) is 3.32. The average Bonchev–Trinajstić information content (AvgIpc) is 3.39. The van der Waals surface area contributed by atoms with Crippen LogP contribution in [0.15, 0.2) is 66.3 Å². The van der Waals surface area contributed by atoms with Crippen molar-refractivity contribution in [1.29, 1.82) is 0 Å². The van der Waals surface area contributed by atoms with Crippen LogP contribution < -0.4 is 10.1 Å². The summed E-state index contributed by atoms with van der Waals surface area (Å²) in [7, 11) is 0. The van der Waals surface area contributed by atoms with Crippen LogP contribution in [0.3, 0.4) is 0 Å². The van der Waals surface area contributed by atoms with E-state index in [0.29, 0.717) is 32.9 Å². The first kappa shape index (κ1) is 21.4. The maximum atomic E-state index is 13.2. The summed E-state index contributed by atoms with van der Waals surface area (Å²) in [6.45, 7) is 0.738. The van der Waals surface area contributed by atoms with E-state index in [0.717, 1.165) is 11.1 Å². The number of nitrogens with zero attached hydrogens (tertiary/aromatic N) is 2. The maximum absolute atomic E-state index is 13.2. The maximum Gasteiger partial charge on any atom is 0.265 e. The fourth-order valence-corrected chi connectivity index (χ4v) is 3.94. The normalized spacial score (nSPS) is 10.8. The summed E-state index contributed by atoms with van der Waals surface area (Å²) in [5.41, 5.74) is 2.35. The first-order chi connectivity index (χ1) is 15.0. The van der Waals surface area contributed by atoms with Crippen LogP contribution in [0.2, 0.25) is 10.0 Å². The van der Waals surface area contributed by atoms with Gasteiger partial charge in [-0.25, -0.2) is 4.39 Å². The minimum absolute atomic E-state index is 0.240. The van der Waals surface area contributed by atoms with Crippen molar-refractivity contribution in [1.82, 2.24) is 9.78 Å². The Kier molecular flexibility index (Phi) is 6.56. The average molecular weight is 476 g/mol. The molecule has 31 heavy (non-hydrogen) atoms. The Morgan fingerprint density at radius 2 is 2.00 bits per heavy atom. The number of carbonyl (C=O) groups excluding carboxylic acids is 1. The van der Waals surface area contributed by atoms with Crippen LogP contribution in [-0.2, 0) is 13.2 Å². The second kappa shape index (κ2) is 9.51. The van der Waals surface area contributed by atoms with Crippen LogP contribution >= 0.6 is 34.5 Å². The summed E-state index contributed by atoms with van der Waals surface area (Å²) < 4.78 is 20.5. The Labute approximate surface area is 192 Å². The molecular weight excluding hydrogens is 460 g/mol. The van der Waals surface area contributed by atoms with Gasteiger partial charge in [-0.2, -0.15) is 5.10 Å². The molecule has 0 fully saturated rings. The Balaban J connectivity index is 1.34. The molecule has 0 aliphatic rings. The molecule has 1 amide bonds. The third kappa shape index (κ3) is 5.64. The molecule has 4 rings (SSSR count). The van der Waals surface area contributed by atoms with Gasteiger partial charge in [-0.3, -0.25) is 9.48 Å². The molecule has 4 aromatic rings. The number of halogens is 3. The van der Waals surface area contributed by atoms with Crippen molar-refractivity contribution in [2.75, 3.05) is 5.32 Å². The minimum Gasteiger partial charge on any atom is -0.489 e. The lowest BCUT2D eigenvalue weighted by molar-refractivity contribution is 0.103. The van der Waals surface area contributed by atoms with E-state index in [1.807, 2.05) is 11.4 Å². The van der Waals surface area contributed by atoms with Crippen molar-refractivity contribution in [2.45, 2.75) is 13.2 Å². The van der Waals surface area contributed by atoms with E-state index in [4.69, 9.17) is 27.9 Å². The molecule has 9 heteroatoms. The lowest BCUT2D eigenvalue weighted by Crippen LogP contribution is -2.09. The van der Waals surface area contributed by atoms with Gasteiger partial charge < -0.3 is 10.1 Å². The monoisotopic (exact) mass is 475 g/mol. The zero-order chi connectivity index (χ0) is 21.8. The van der Waals surface area contributed by atoms with E-state index >= 15 is 0 Å². The molecule has 0 aliphatic carbocycles. The summed E-state index contributed by atoms with van der Waals surface area (Å²) in [4.78, 5) is 13.1. The van der Waals surface area contributed by atoms with Crippen molar-refractivity contribution >= 4 is 46.1 Å². The van der Waals surface area contributed by atoms with Gasteiger partial charge in [0.1, 0.15) is 18.2 Å². The molecule has 158 valence electrons. The summed E-state index contributed by atoms with van der Waals surface area (Å²) in [5.74, 6) is -0.162. The van der Waals surface area contributed by atoms with Gasteiger partial charge in [-0.05, 0) is 41.3 Å². The second-order valence-corrected chi connectivity index (χ2v) is 8.42. The van der Waals surface area contributed by atoms with Crippen molar-refractivity contribution < 1.29 is 13.9 Å². The Bertz CT molecular complexity index is 1220. The molecule has 2 aromatic heterocycles. The van der Waals surface area contributed by atoms with Gasteiger partial charge >= 0.3 is 0 Å².